The molecule has 3 aliphatic rings. The van der Waals surface area contributed by atoms with Crippen LogP contribution in [0.4, 0.5) is 0 Å². The van der Waals surface area contributed by atoms with Gasteiger partial charge in [0.1, 0.15) is 5.70 Å². The number of ether oxygens (including phenoxy) is 2. The van der Waals surface area contributed by atoms with E-state index in [1.54, 1.807) is 6.20 Å². The molecule has 1 fully saturated rings. The van der Waals surface area contributed by atoms with Crippen LogP contribution >= 0.6 is 0 Å². The van der Waals surface area contributed by atoms with E-state index in [0.717, 1.165) is 12.8 Å². The molecule has 2 atom stereocenters. The molecule has 130 valence electrons. The molecule has 3 rings (SSSR count). The minimum absolute atomic E-state index is 0.149. The lowest BCUT2D eigenvalue weighted by molar-refractivity contribution is -0.189. The second-order valence-corrected chi connectivity index (χ2v) is 6.54. The summed E-state index contributed by atoms with van der Waals surface area (Å²) in [6.45, 7) is 2.66. The van der Waals surface area contributed by atoms with Gasteiger partial charge in [-0.2, -0.15) is 0 Å². The highest BCUT2D eigenvalue weighted by atomic mass is 16.6. The molecule has 0 aromatic heterocycles. The molecule has 1 aliphatic heterocycles. The van der Waals surface area contributed by atoms with E-state index in [9.17, 15) is 9.59 Å². The van der Waals surface area contributed by atoms with Gasteiger partial charge in [-0.25, -0.2) is 9.59 Å². The molecule has 6 heteroatoms. The topological polar surface area (TPSA) is 67.9 Å². The molecule has 0 saturated heterocycles. The van der Waals surface area contributed by atoms with Gasteiger partial charge in [-0.05, 0) is 32.6 Å². The molecule has 0 aromatic carbocycles. The Hall–Kier alpha value is -2.24. The van der Waals surface area contributed by atoms with Gasteiger partial charge in [0.2, 0.25) is 5.60 Å². The predicted octanol–water partition coefficient (Wildman–Crippen LogP) is 1.85. The highest BCUT2D eigenvalue weighted by molar-refractivity contribution is 5.92. The van der Waals surface area contributed by atoms with E-state index in [2.05, 4.69) is 24.4 Å². The smallest absolute Gasteiger partial charge is 0.357 e. The van der Waals surface area contributed by atoms with Gasteiger partial charge in [-0.1, -0.05) is 24.3 Å². The molecule has 6 nitrogen and oxygen atoms in total. The summed E-state index contributed by atoms with van der Waals surface area (Å²) in [5.74, 6) is -0.592. The van der Waals surface area contributed by atoms with E-state index in [1.165, 1.54) is 7.11 Å². The SMILES string of the molecule is COC(=O)C1(OC(=O)C2=CNCN2[C@H](C)C2C=CC=CC2)CCC1. The molecular weight excluding hydrogens is 308 g/mol. The van der Waals surface area contributed by atoms with Crippen molar-refractivity contribution in [1.82, 2.24) is 10.2 Å². The van der Waals surface area contributed by atoms with Crippen LogP contribution in [0, 0.1) is 5.92 Å². The number of nitrogens with zero attached hydrogens (tertiary/aromatic N) is 1. The summed E-state index contributed by atoms with van der Waals surface area (Å²) in [4.78, 5) is 26.6. The molecule has 1 heterocycles. The van der Waals surface area contributed by atoms with Gasteiger partial charge in [0.05, 0.1) is 13.8 Å². The summed E-state index contributed by atoms with van der Waals surface area (Å²) in [6.07, 6.45) is 12.9. The maximum atomic E-state index is 12.7. The van der Waals surface area contributed by atoms with Crippen LogP contribution in [0.3, 0.4) is 0 Å². The average molecular weight is 332 g/mol. The number of esters is 2. The number of nitrogens with one attached hydrogen (secondary N) is 1. The van der Waals surface area contributed by atoms with Crippen LogP contribution in [0.2, 0.25) is 0 Å². The molecule has 0 aromatic rings. The Labute approximate surface area is 142 Å². The predicted molar refractivity (Wildman–Crippen MR) is 88.5 cm³/mol. The van der Waals surface area contributed by atoms with E-state index in [4.69, 9.17) is 9.47 Å². The molecule has 1 unspecified atom stereocenters. The molecule has 1 saturated carbocycles. The number of hydrogen-bond donors (Lipinski definition) is 1. The third-order valence-corrected chi connectivity index (χ3v) is 5.15. The Morgan fingerprint density at radius 3 is 2.75 bits per heavy atom. The van der Waals surface area contributed by atoms with Gasteiger partial charge in [0, 0.05) is 18.2 Å². The quantitative estimate of drug-likeness (QED) is 0.775. The van der Waals surface area contributed by atoms with Crippen molar-refractivity contribution >= 4 is 11.9 Å². The minimum atomic E-state index is -1.10. The van der Waals surface area contributed by atoms with E-state index in [1.807, 2.05) is 17.1 Å². The maximum absolute atomic E-state index is 12.7. The van der Waals surface area contributed by atoms with Crippen LogP contribution in [0.1, 0.15) is 32.6 Å². The van der Waals surface area contributed by atoms with E-state index >= 15 is 0 Å². The number of methoxy groups -OCH3 is 1. The van der Waals surface area contributed by atoms with E-state index < -0.39 is 17.5 Å². The van der Waals surface area contributed by atoms with Gasteiger partial charge in [0.25, 0.3) is 0 Å². The van der Waals surface area contributed by atoms with Crippen LogP contribution < -0.4 is 5.32 Å². The second kappa shape index (κ2) is 6.71. The lowest BCUT2D eigenvalue weighted by Gasteiger charge is -2.39. The molecule has 24 heavy (non-hydrogen) atoms. The first-order valence-corrected chi connectivity index (χ1v) is 8.43. The Balaban J connectivity index is 1.68. The van der Waals surface area contributed by atoms with Crippen molar-refractivity contribution in [2.45, 2.75) is 44.2 Å². The molecule has 2 aliphatic carbocycles. The fraction of sp³-hybridized carbons (Fsp3) is 0.556. The van der Waals surface area contributed by atoms with Crippen molar-refractivity contribution < 1.29 is 19.1 Å². The highest BCUT2D eigenvalue weighted by Gasteiger charge is 2.50. The standard InChI is InChI=1S/C18H24N2O4/c1-13(14-7-4-3-5-8-14)20-12-19-11-15(20)16(21)24-18(9-6-10-18)17(22)23-2/h3-5,7,11,13-14,19H,6,8-10,12H2,1-2H3/t13-,14?/m1/s1. The summed E-state index contributed by atoms with van der Waals surface area (Å²) in [5, 5.41) is 3.09. The van der Waals surface area contributed by atoms with Crippen molar-refractivity contribution in [2.75, 3.05) is 13.8 Å². The Bertz CT molecular complexity index is 604. The summed E-state index contributed by atoms with van der Waals surface area (Å²) < 4.78 is 10.4. The van der Waals surface area contributed by atoms with Crippen molar-refractivity contribution in [3.8, 4) is 0 Å². The van der Waals surface area contributed by atoms with E-state index in [0.29, 0.717) is 31.1 Å². The van der Waals surface area contributed by atoms with Gasteiger partial charge < -0.3 is 19.7 Å². The maximum Gasteiger partial charge on any atom is 0.357 e. The van der Waals surface area contributed by atoms with Crippen LogP contribution in [0.15, 0.2) is 36.2 Å². The lowest BCUT2D eigenvalue weighted by atomic mass is 9.80. The molecule has 0 spiro atoms. The van der Waals surface area contributed by atoms with Crippen LogP contribution in [0.5, 0.6) is 0 Å². The molecule has 0 amide bonds. The molecular formula is C18H24N2O4. The Kier molecular flexibility index (Phi) is 4.64. The number of rotatable bonds is 5. The largest absolute Gasteiger partial charge is 0.466 e. The molecule has 0 bridgehead atoms. The molecule has 1 N–H and O–H groups in total. The van der Waals surface area contributed by atoms with Crippen molar-refractivity contribution in [3.05, 3.63) is 36.2 Å². The van der Waals surface area contributed by atoms with Crippen LogP contribution in [0.25, 0.3) is 0 Å². The normalized spacial score (nSPS) is 25.3. The van der Waals surface area contributed by atoms with E-state index in [-0.39, 0.29) is 6.04 Å². The van der Waals surface area contributed by atoms with Gasteiger partial charge >= 0.3 is 11.9 Å². The summed E-state index contributed by atoms with van der Waals surface area (Å²) >= 11 is 0. The fourth-order valence-electron chi connectivity index (χ4n) is 3.40. The van der Waals surface area contributed by atoms with Crippen LogP contribution in [-0.4, -0.2) is 42.3 Å². The first-order chi connectivity index (χ1) is 11.6. The zero-order valence-electron chi connectivity index (χ0n) is 14.2. The Morgan fingerprint density at radius 1 is 1.38 bits per heavy atom. The Morgan fingerprint density at radius 2 is 2.17 bits per heavy atom. The van der Waals surface area contributed by atoms with Crippen molar-refractivity contribution in [3.63, 3.8) is 0 Å². The third kappa shape index (κ3) is 2.92. The zero-order valence-corrected chi connectivity index (χ0v) is 14.2. The van der Waals surface area contributed by atoms with Crippen LogP contribution in [-0.2, 0) is 19.1 Å². The first-order valence-electron chi connectivity index (χ1n) is 8.43. The van der Waals surface area contributed by atoms with Crippen molar-refractivity contribution in [1.29, 1.82) is 0 Å². The van der Waals surface area contributed by atoms with Gasteiger partial charge in [0.15, 0.2) is 0 Å². The fourth-order valence-corrected chi connectivity index (χ4v) is 3.40. The molecule has 0 radical (unpaired) electrons. The highest BCUT2D eigenvalue weighted by Crippen LogP contribution is 2.38. The summed E-state index contributed by atoms with van der Waals surface area (Å²) in [6, 6.07) is 0.149. The number of carbonyl (C=O) groups excluding carboxylic acids is 2. The average Bonchev–Trinajstić information content (AvgIpc) is 3.07. The van der Waals surface area contributed by atoms with Gasteiger partial charge in [-0.15, -0.1) is 0 Å². The lowest BCUT2D eigenvalue weighted by Crippen LogP contribution is -2.51. The summed E-state index contributed by atoms with van der Waals surface area (Å²) in [5.41, 5.74) is -0.627. The summed E-state index contributed by atoms with van der Waals surface area (Å²) in [7, 11) is 1.32. The van der Waals surface area contributed by atoms with Crippen molar-refractivity contribution in [2.24, 2.45) is 5.92 Å². The monoisotopic (exact) mass is 332 g/mol. The second-order valence-electron chi connectivity index (χ2n) is 6.54. The number of hydrogen-bond acceptors (Lipinski definition) is 6. The third-order valence-electron chi connectivity index (χ3n) is 5.15. The van der Waals surface area contributed by atoms with Gasteiger partial charge in [-0.3, -0.25) is 0 Å². The first kappa shape index (κ1) is 16.6. The minimum Gasteiger partial charge on any atom is -0.466 e. The number of allylic oxidation sites excluding steroid dienone is 3. The zero-order chi connectivity index (χ0) is 17.2. The number of carbonyl (C=O) groups is 2.